The SMILES string of the molecule is CC(=O)c1cc(C)c(C)c(N(C)C(C)=O)c1-c1cccc(F)c1. The molecule has 120 valence electrons. The third-order valence-electron chi connectivity index (χ3n) is 4.11. The van der Waals surface area contributed by atoms with Crippen LogP contribution in [0, 0.1) is 19.7 Å². The van der Waals surface area contributed by atoms with E-state index in [-0.39, 0.29) is 17.5 Å². The topological polar surface area (TPSA) is 37.4 Å². The summed E-state index contributed by atoms with van der Waals surface area (Å²) in [6.45, 7) is 6.74. The summed E-state index contributed by atoms with van der Waals surface area (Å²) in [4.78, 5) is 25.6. The van der Waals surface area contributed by atoms with Gasteiger partial charge < -0.3 is 4.90 Å². The molecule has 0 spiro atoms. The maximum atomic E-state index is 13.7. The van der Waals surface area contributed by atoms with E-state index in [1.165, 1.54) is 30.9 Å². The van der Waals surface area contributed by atoms with E-state index in [1.54, 1.807) is 25.2 Å². The number of carbonyl (C=O) groups excluding carboxylic acids is 2. The number of Topliss-reactive ketones (excluding diaryl/α,β-unsaturated/α-hetero) is 1. The monoisotopic (exact) mass is 313 g/mol. The number of benzene rings is 2. The highest BCUT2D eigenvalue weighted by atomic mass is 19.1. The van der Waals surface area contributed by atoms with E-state index in [1.807, 2.05) is 13.8 Å². The molecule has 0 aliphatic rings. The first kappa shape index (κ1) is 16.9. The summed E-state index contributed by atoms with van der Waals surface area (Å²) in [7, 11) is 1.66. The van der Waals surface area contributed by atoms with Crippen LogP contribution in [0.4, 0.5) is 10.1 Å². The summed E-state index contributed by atoms with van der Waals surface area (Å²) >= 11 is 0. The smallest absolute Gasteiger partial charge is 0.223 e. The summed E-state index contributed by atoms with van der Waals surface area (Å²) in [6, 6.07) is 7.88. The summed E-state index contributed by atoms with van der Waals surface area (Å²) in [5.41, 5.74) is 4.12. The van der Waals surface area contributed by atoms with E-state index in [9.17, 15) is 14.0 Å². The van der Waals surface area contributed by atoms with Gasteiger partial charge in [0.1, 0.15) is 5.82 Å². The summed E-state index contributed by atoms with van der Waals surface area (Å²) in [6.07, 6.45) is 0. The van der Waals surface area contributed by atoms with Crippen LogP contribution in [0.2, 0.25) is 0 Å². The average molecular weight is 313 g/mol. The Bertz CT molecular complexity index is 796. The summed E-state index contributed by atoms with van der Waals surface area (Å²) in [5, 5.41) is 0. The average Bonchev–Trinajstić information content (AvgIpc) is 2.48. The molecule has 1 amide bonds. The minimum absolute atomic E-state index is 0.120. The van der Waals surface area contributed by atoms with Crippen molar-refractivity contribution in [2.75, 3.05) is 11.9 Å². The standard InChI is InChI=1S/C19H20FNO2/c1-11-9-17(13(3)22)18(15-7-6-8-16(20)10-15)19(12(11)2)21(5)14(4)23/h6-10H,1-5H3. The van der Waals surface area contributed by atoms with E-state index in [4.69, 9.17) is 0 Å². The summed E-state index contributed by atoms with van der Waals surface area (Å²) in [5.74, 6) is -0.650. The number of carbonyl (C=O) groups is 2. The van der Waals surface area contributed by atoms with Crippen LogP contribution >= 0.6 is 0 Å². The van der Waals surface area contributed by atoms with Crippen LogP contribution in [0.1, 0.15) is 35.3 Å². The molecule has 0 aliphatic heterocycles. The van der Waals surface area contributed by atoms with E-state index in [0.717, 1.165) is 11.1 Å². The second-order valence-electron chi connectivity index (χ2n) is 5.73. The van der Waals surface area contributed by atoms with Crippen molar-refractivity contribution in [2.45, 2.75) is 27.7 Å². The third-order valence-corrected chi connectivity index (χ3v) is 4.11. The molecule has 0 bridgehead atoms. The fraction of sp³-hybridized carbons (Fsp3) is 0.263. The Hall–Kier alpha value is -2.49. The Kier molecular flexibility index (Phi) is 4.64. The fourth-order valence-corrected chi connectivity index (χ4v) is 2.69. The Morgan fingerprint density at radius 2 is 1.74 bits per heavy atom. The molecule has 0 saturated carbocycles. The van der Waals surface area contributed by atoms with Crippen molar-refractivity contribution in [2.24, 2.45) is 0 Å². The van der Waals surface area contributed by atoms with Crippen LogP contribution in [0.25, 0.3) is 11.1 Å². The first-order valence-electron chi connectivity index (χ1n) is 7.39. The van der Waals surface area contributed by atoms with Crippen LogP contribution in [0.3, 0.4) is 0 Å². The van der Waals surface area contributed by atoms with Crippen LogP contribution in [-0.2, 0) is 4.79 Å². The quantitative estimate of drug-likeness (QED) is 0.793. The number of rotatable bonds is 3. The molecular weight excluding hydrogens is 293 g/mol. The molecule has 0 atom stereocenters. The molecule has 0 radical (unpaired) electrons. The number of amides is 1. The zero-order valence-electron chi connectivity index (χ0n) is 14.0. The molecule has 0 saturated heterocycles. The lowest BCUT2D eigenvalue weighted by Gasteiger charge is -2.25. The number of ketones is 1. The highest BCUT2D eigenvalue weighted by Crippen LogP contribution is 2.38. The Morgan fingerprint density at radius 3 is 2.26 bits per heavy atom. The fourth-order valence-electron chi connectivity index (χ4n) is 2.69. The van der Waals surface area contributed by atoms with Crippen molar-refractivity contribution in [3.63, 3.8) is 0 Å². The number of hydrogen-bond donors (Lipinski definition) is 0. The summed E-state index contributed by atoms with van der Waals surface area (Å²) < 4.78 is 13.7. The third kappa shape index (κ3) is 3.16. The molecule has 23 heavy (non-hydrogen) atoms. The lowest BCUT2D eigenvalue weighted by atomic mass is 9.90. The van der Waals surface area contributed by atoms with Crippen LogP contribution < -0.4 is 4.90 Å². The van der Waals surface area contributed by atoms with E-state index >= 15 is 0 Å². The molecule has 0 aliphatic carbocycles. The highest BCUT2D eigenvalue weighted by molar-refractivity contribution is 6.08. The second-order valence-corrected chi connectivity index (χ2v) is 5.73. The molecule has 3 nitrogen and oxygen atoms in total. The van der Waals surface area contributed by atoms with Crippen molar-refractivity contribution in [3.05, 3.63) is 52.8 Å². The zero-order chi connectivity index (χ0) is 17.3. The Labute approximate surface area is 135 Å². The normalized spacial score (nSPS) is 10.5. The van der Waals surface area contributed by atoms with Gasteiger partial charge in [-0.25, -0.2) is 4.39 Å². The van der Waals surface area contributed by atoms with Crippen molar-refractivity contribution in [1.82, 2.24) is 0 Å². The predicted octanol–water partition coefficient (Wildman–Crippen LogP) is 4.29. The molecule has 0 heterocycles. The van der Waals surface area contributed by atoms with Gasteiger partial charge in [-0.15, -0.1) is 0 Å². The molecule has 2 aromatic rings. The Morgan fingerprint density at radius 1 is 1.09 bits per heavy atom. The minimum Gasteiger partial charge on any atom is -0.315 e. The first-order chi connectivity index (χ1) is 10.7. The zero-order valence-corrected chi connectivity index (χ0v) is 14.0. The second kappa shape index (κ2) is 6.32. The maximum absolute atomic E-state index is 13.7. The van der Waals surface area contributed by atoms with Gasteiger partial charge in [0.2, 0.25) is 5.91 Å². The number of aryl methyl sites for hydroxylation is 1. The van der Waals surface area contributed by atoms with Crippen molar-refractivity contribution in [1.29, 1.82) is 0 Å². The first-order valence-corrected chi connectivity index (χ1v) is 7.39. The number of nitrogens with zero attached hydrogens (tertiary/aromatic N) is 1. The van der Waals surface area contributed by atoms with Gasteiger partial charge in [0.05, 0.1) is 5.69 Å². The van der Waals surface area contributed by atoms with Crippen molar-refractivity contribution < 1.29 is 14.0 Å². The van der Waals surface area contributed by atoms with Gasteiger partial charge in [-0.05, 0) is 55.7 Å². The molecule has 4 heteroatoms. The lowest BCUT2D eigenvalue weighted by Crippen LogP contribution is -2.25. The van der Waals surface area contributed by atoms with Gasteiger partial charge in [-0.1, -0.05) is 12.1 Å². The van der Waals surface area contributed by atoms with Crippen molar-refractivity contribution >= 4 is 17.4 Å². The maximum Gasteiger partial charge on any atom is 0.223 e. The van der Waals surface area contributed by atoms with Crippen LogP contribution in [-0.4, -0.2) is 18.7 Å². The predicted molar refractivity (Wildman–Crippen MR) is 90.4 cm³/mol. The van der Waals surface area contributed by atoms with Crippen LogP contribution in [0.5, 0.6) is 0 Å². The molecule has 2 aromatic carbocycles. The van der Waals surface area contributed by atoms with Crippen LogP contribution in [0.15, 0.2) is 30.3 Å². The lowest BCUT2D eigenvalue weighted by molar-refractivity contribution is -0.116. The van der Waals surface area contributed by atoms with Gasteiger partial charge >= 0.3 is 0 Å². The van der Waals surface area contributed by atoms with E-state index in [2.05, 4.69) is 0 Å². The molecule has 0 aromatic heterocycles. The molecule has 0 N–H and O–H groups in total. The van der Waals surface area contributed by atoms with Gasteiger partial charge in [0.25, 0.3) is 0 Å². The molecule has 0 unspecified atom stereocenters. The number of hydrogen-bond acceptors (Lipinski definition) is 2. The Balaban J connectivity index is 2.93. The largest absolute Gasteiger partial charge is 0.315 e. The van der Waals surface area contributed by atoms with Gasteiger partial charge in [-0.2, -0.15) is 0 Å². The van der Waals surface area contributed by atoms with Gasteiger partial charge in [0.15, 0.2) is 5.78 Å². The molecular formula is C19H20FNO2. The van der Waals surface area contributed by atoms with Gasteiger partial charge in [-0.3, -0.25) is 9.59 Å². The van der Waals surface area contributed by atoms with E-state index < -0.39 is 0 Å². The highest BCUT2D eigenvalue weighted by Gasteiger charge is 2.22. The minimum atomic E-state index is -0.383. The van der Waals surface area contributed by atoms with E-state index in [0.29, 0.717) is 22.4 Å². The van der Waals surface area contributed by atoms with Crippen molar-refractivity contribution in [3.8, 4) is 11.1 Å². The number of anilines is 1. The van der Waals surface area contributed by atoms with Gasteiger partial charge in [0, 0.05) is 25.1 Å². The number of halogens is 1. The molecule has 2 rings (SSSR count). The molecule has 0 fully saturated rings.